The zero-order valence-electron chi connectivity index (χ0n) is 10.00. The summed E-state index contributed by atoms with van der Waals surface area (Å²) in [7, 11) is -3.88. The van der Waals surface area contributed by atoms with E-state index in [2.05, 4.69) is 20.9 Å². The van der Waals surface area contributed by atoms with Gasteiger partial charge in [0.05, 0.1) is 4.47 Å². The molecule has 0 amide bonds. The lowest BCUT2D eigenvalue weighted by Gasteiger charge is -2.10. The van der Waals surface area contributed by atoms with E-state index in [1.54, 1.807) is 6.07 Å². The number of hydrogen-bond acceptors (Lipinski definition) is 4. The highest BCUT2D eigenvalue weighted by Crippen LogP contribution is 2.31. The number of aryl methyl sites for hydroxylation is 1. The van der Waals surface area contributed by atoms with Crippen molar-refractivity contribution in [3.05, 3.63) is 46.6 Å². The predicted octanol–water partition coefficient (Wildman–Crippen LogP) is 2.59. The molecule has 2 aromatic rings. The maximum Gasteiger partial charge on any atom is 0.243 e. The summed E-state index contributed by atoms with van der Waals surface area (Å²) in [4.78, 5) is 3.75. The lowest BCUT2D eigenvalue weighted by Crippen LogP contribution is -2.13. The first-order valence-corrected chi connectivity index (χ1v) is 7.63. The van der Waals surface area contributed by atoms with Crippen LogP contribution in [-0.2, 0) is 10.0 Å². The number of primary sulfonamides is 1. The summed E-state index contributed by atoms with van der Waals surface area (Å²) in [5.41, 5.74) is 1.05. The summed E-state index contributed by atoms with van der Waals surface area (Å²) in [6.07, 6.45) is 1.44. The molecule has 1 heterocycles. The van der Waals surface area contributed by atoms with Gasteiger partial charge in [-0.15, -0.1) is 0 Å². The average Bonchev–Trinajstić information content (AvgIpc) is 2.32. The summed E-state index contributed by atoms with van der Waals surface area (Å²) in [6.45, 7) is 1.94. The Hall–Kier alpha value is -1.44. The Morgan fingerprint density at radius 2 is 2.05 bits per heavy atom. The third-order valence-electron chi connectivity index (χ3n) is 2.34. The third-order valence-corrected chi connectivity index (χ3v) is 3.88. The fraction of sp³-hybridized carbons (Fsp3) is 0.0833. The minimum Gasteiger partial charge on any atom is -0.436 e. The van der Waals surface area contributed by atoms with E-state index in [1.165, 1.54) is 18.3 Å². The highest BCUT2D eigenvalue weighted by Gasteiger charge is 2.17. The van der Waals surface area contributed by atoms with E-state index in [0.717, 1.165) is 5.56 Å². The molecular formula is C12H11BrN2O3S. The number of nitrogens with two attached hydrogens (primary N) is 1. The highest BCUT2D eigenvalue weighted by molar-refractivity contribution is 9.10. The van der Waals surface area contributed by atoms with Crippen LogP contribution in [0.5, 0.6) is 11.6 Å². The molecule has 19 heavy (non-hydrogen) atoms. The van der Waals surface area contributed by atoms with Gasteiger partial charge in [-0.2, -0.15) is 0 Å². The summed E-state index contributed by atoms with van der Waals surface area (Å²) < 4.78 is 29.1. The molecule has 0 bridgehead atoms. The van der Waals surface area contributed by atoms with Crippen LogP contribution in [0.25, 0.3) is 0 Å². The Morgan fingerprint density at radius 1 is 1.32 bits per heavy atom. The van der Waals surface area contributed by atoms with Gasteiger partial charge in [0.1, 0.15) is 10.6 Å². The van der Waals surface area contributed by atoms with Crippen molar-refractivity contribution in [3.63, 3.8) is 0 Å². The molecule has 5 nitrogen and oxygen atoms in total. The second-order valence-electron chi connectivity index (χ2n) is 3.89. The van der Waals surface area contributed by atoms with Crippen molar-refractivity contribution in [1.29, 1.82) is 0 Å². The first-order valence-electron chi connectivity index (χ1n) is 5.30. The van der Waals surface area contributed by atoms with Crippen LogP contribution in [0.4, 0.5) is 0 Å². The molecule has 0 radical (unpaired) electrons. The first kappa shape index (κ1) is 14.0. The van der Waals surface area contributed by atoms with Gasteiger partial charge >= 0.3 is 0 Å². The van der Waals surface area contributed by atoms with Crippen LogP contribution in [0.2, 0.25) is 0 Å². The largest absolute Gasteiger partial charge is 0.436 e. The van der Waals surface area contributed by atoms with Crippen LogP contribution in [0.1, 0.15) is 5.56 Å². The number of pyridine rings is 1. The highest BCUT2D eigenvalue weighted by atomic mass is 79.9. The second-order valence-corrected chi connectivity index (χ2v) is 6.27. The molecule has 1 aromatic heterocycles. The molecular weight excluding hydrogens is 332 g/mol. The molecule has 0 aliphatic rings. The monoisotopic (exact) mass is 342 g/mol. The Bertz CT molecular complexity index is 717. The molecule has 0 fully saturated rings. The van der Waals surface area contributed by atoms with Crippen molar-refractivity contribution in [3.8, 4) is 11.6 Å². The summed E-state index contributed by atoms with van der Waals surface area (Å²) >= 11 is 3.35. The van der Waals surface area contributed by atoms with E-state index < -0.39 is 10.0 Å². The molecule has 0 aliphatic carbocycles. The molecule has 7 heteroatoms. The SMILES string of the molecule is Cc1ccc(Oc2ncccc2S(N)(=O)=O)c(Br)c1. The van der Waals surface area contributed by atoms with Gasteiger partial charge in [-0.3, -0.25) is 0 Å². The minimum absolute atomic E-state index is 0.0467. The molecule has 0 unspecified atom stereocenters. The van der Waals surface area contributed by atoms with E-state index in [4.69, 9.17) is 9.88 Å². The van der Waals surface area contributed by atoms with Gasteiger partial charge in [0.25, 0.3) is 0 Å². The van der Waals surface area contributed by atoms with Gasteiger partial charge in [-0.25, -0.2) is 18.5 Å². The lowest BCUT2D eigenvalue weighted by atomic mass is 10.2. The number of benzene rings is 1. The minimum atomic E-state index is -3.88. The molecule has 1 aromatic carbocycles. The maximum atomic E-state index is 11.4. The van der Waals surface area contributed by atoms with Crippen LogP contribution in [0.3, 0.4) is 0 Å². The topological polar surface area (TPSA) is 82.3 Å². The van der Waals surface area contributed by atoms with Crippen molar-refractivity contribution in [2.45, 2.75) is 11.8 Å². The van der Waals surface area contributed by atoms with E-state index in [-0.39, 0.29) is 10.8 Å². The Morgan fingerprint density at radius 3 is 2.68 bits per heavy atom. The quantitative estimate of drug-likeness (QED) is 0.929. The van der Waals surface area contributed by atoms with Gasteiger partial charge in [0.15, 0.2) is 0 Å². The molecule has 0 saturated carbocycles. The number of nitrogens with zero attached hydrogens (tertiary/aromatic N) is 1. The van der Waals surface area contributed by atoms with Crippen LogP contribution < -0.4 is 9.88 Å². The standard InChI is InChI=1S/C12H11BrN2O3S/c1-8-4-5-10(9(13)7-8)18-12-11(19(14,16)17)3-2-6-15-12/h2-7H,1H3,(H2,14,16,17). The van der Waals surface area contributed by atoms with E-state index in [1.807, 2.05) is 19.1 Å². The fourth-order valence-corrected chi connectivity index (χ4v) is 2.64. The zero-order valence-corrected chi connectivity index (χ0v) is 12.4. The average molecular weight is 343 g/mol. The molecule has 0 spiro atoms. The summed E-state index contributed by atoms with van der Waals surface area (Å²) in [6, 6.07) is 8.26. The van der Waals surface area contributed by atoms with Crippen LogP contribution in [0.15, 0.2) is 45.9 Å². The summed E-state index contributed by atoms with van der Waals surface area (Å²) in [5.74, 6) is 0.420. The predicted molar refractivity (Wildman–Crippen MR) is 74.6 cm³/mol. The maximum absolute atomic E-state index is 11.4. The first-order chi connectivity index (χ1) is 8.88. The smallest absolute Gasteiger partial charge is 0.243 e. The molecule has 2 N–H and O–H groups in total. The van der Waals surface area contributed by atoms with Gasteiger partial charge < -0.3 is 4.74 Å². The van der Waals surface area contributed by atoms with Crippen LogP contribution in [-0.4, -0.2) is 13.4 Å². The number of sulfonamides is 1. The Kier molecular flexibility index (Phi) is 3.88. The Labute approximate surface area is 119 Å². The normalized spacial score (nSPS) is 11.3. The van der Waals surface area contributed by atoms with Gasteiger partial charge in [-0.1, -0.05) is 6.07 Å². The fourth-order valence-electron chi connectivity index (χ4n) is 1.46. The second kappa shape index (κ2) is 5.28. The third kappa shape index (κ3) is 3.31. The van der Waals surface area contributed by atoms with Crippen molar-refractivity contribution >= 4 is 26.0 Å². The van der Waals surface area contributed by atoms with Crippen molar-refractivity contribution in [2.24, 2.45) is 5.14 Å². The van der Waals surface area contributed by atoms with E-state index in [9.17, 15) is 8.42 Å². The van der Waals surface area contributed by atoms with Crippen molar-refractivity contribution in [1.82, 2.24) is 4.98 Å². The molecule has 0 aliphatic heterocycles. The van der Waals surface area contributed by atoms with Crippen molar-refractivity contribution < 1.29 is 13.2 Å². The zero-order chi connectivity index (χ0) is 14.0. The number of ether oxygens (including phenoxy) is 1. The van der Waals surface area contributed by atoms with Crippen LogP contribution in [0, 0.1) is 6.92 Å². The molecule has 100 valence electrons. The number of aromatic nitrogens is 1. The van der Waals surface area contributed by atoms with Crippen LogP contribution >= 0.6 is 15.9 Å². The van der Waals surface area contributed by atoms with E-state index >= 15 is 0 Å². The Balaban J connectivity index is 2.44. The summed E-state index contributed by atoms with van der Waals surface area (Å²) in [5, 5.41) is 5.11. The van der Waals surface area contributed by atoms with Crippen molar-refractivity contribution in [2.75, 3.05) is 0 Å². The van der Waals surface area contributed by atoms with E-state index in [0.29, 0.717) is 10.2 Å². The van der Waals surface area contributed by atoms with Gasteiger partial charge in [-0.05, 0) is 52.7 Å². The lowest BCUT2D eigenvalue weighted by molar-refractivity contribution is 0.444. The van der Waals surface area contributed by atoms with Gasteiger partial charge in [0, 0.05) is 6.20 Å². The number of halogens is 1. The molecule has 2 rings (SSSR count). The molecule has 0 atom stereocenters. The molecule has 0 saturated heterocycles. The number of rotatable bonds is 3. The number of hydrogen-bond donors (Lipinski definition) is 1. The van der Waals surface area contributed by atoms with Gasteiger partial charge in [0.2, 0.25) is 15.9 Å².